The molecule has 5 aromatic rings. The molecule has 0 aliphatic carbocycles. The van der Waals surface area contributed by atoms with Gasteiger partial charge in [0.25, 0.3) is 5.91 Å². The number of rotatable bonds is 55. The molecule has 5 rings (SSSR count). The molecular formula is C71H103NO17. The maximum Gasteiger partial charge on any atom is 0.251 e. The number of carbonyl (C=O) groups excluding carboxylic acids is 1. The molecule has 5 aromatic carbocycles. The Bertz CT molecular complexity index is 2430. The fourth-order valence-corrected chi connectivity index (χ4v) is 9.00. The second-order valence-electron chi connectivity index (χ2n) is 21.3. The maximum absolute atomic E-state index is 14.4. The van der Waals surface area contributed by atoms with E-state index in [4.69, 9.17) is 75.8 Å². The molecule has 89 heavy (non-hydrogen) atoms. The molecule has 1 N–H and O–H groups in total. The lowest BCUT2D eigenvalue weighted by Gasteiger charge is -2.20. The predicted molar refractivity (Wildman–Crippen MR) is 344 cm³/mol. The molecule has 0 bridgehead atoms. The molecular weight excluding hydrogens is 1140 g/mol. The number of methoxy groups -OCH3 is 2. The Morgan fingerprint density at radius 2 is 0.753 bits per heavy atom. The van der Waals surface area contributed by atoms with Gasteiger partial charge in [0, 0.05) is 18.2 Å². The normalized spacial score (nSPS) is 11.9. The summed E-state index contributed by atoms with van der Waals surface area (Å²) < 4.78 is 94.9. The summed E-state index contributed by atoms with van der Waals surface area (Å²) >= 11 is 0. The van der Waals surface area contributed by atoms with Gasteiger partial charge in [-0.3, -0.25) is 4.79 Å². The Hall–Kier alpha value is -6.19. The van der Waals surface area contributed by atoms with Crippen LogP contribution in [0.3, 0.4) is 0 Å². The molecule has 0 aromatic heterocycles. The molecule has 1 amide bonds. The molecule has 0 aliphatic heterocycles. The zero-order chi connectivity index (χ0) is 63.0. The highest BCUT2D eigenvalue weighted by Crippen LogP contribution is 2.39. The highest BCUT2D eigenvalue weighted by Gasteiger charge is 2.21. The van der Waals surface area contributed by atoms with Crippen LogP contribution in [0, 0.1) is 11.8 Å². The first-order chi connectivity index (χ1) is 43.8. The van der Waals surface area contributed by atoms with Crippen LogP contribution in [0.1, 0.15) is 112 Å². The Morgan fingerprint density at radius 3 is 1.13 bits per heavy atom. The van der Waals surface area contributed by atoms with E-state index in [2.05, 4.69) is 33.0 Å². The highest BCUT2D eigenvalue weighted by molar-refractivity contribution is 5.95. The Morgan fingerprint density at radius 1 is 0.382 bits per heavy atom. The molecule has 0 aliphatic rings. The molecule has 18 heteroatoms. The minimum Gasteiger partial charge on any atom is -0.497 e. The van der Waals surface area contributed by atoms with Crippen molar-refractivity contribution in [3.63, 3.8) is 0 Å². The summed E-state index contributed by atoms with van der Waals surface area (Å²) in [5.74, 6) is 4.43. The molecule has 0 fully saturated rings. The Labute approximate surface area is 530 Å². The summed E-state index contributed by atoms with van der Waals surface area (Å²) in [6, 6.07) is 34.8. The topological polar surface area (TPSA) is 177 Å². The van der Waals surface area contributed by atoms with E-state index in [1.165, 1.54) is 0 Å². The van der Waals surface area contributed by atoms with Crippen molar-refractivity contribution in [1.29, 1.82) is 0 Å². The number of hydrogen-bond donors (Lipinski definition) is 1. The lowest BCUT2D eigenvalue weighted by atomic mass is 10.0. The van der Waals surface area contributed by atoms with Crippen LogP contribution in [-0.4, -0.2) is 152 Å². The van der Waals surface area contributed by atoms with Crippen molar-refractivity contribution in [1.82, 2.24) is 5.32 Å². The minimum absolute atomic E-state index is 0.134. The number of carbonyl (C=O) groups is 1. The number of amides is 1. The van der Waals surface area contributed by atoms with Crippen LogP contribution in [0.15, 0.2) is 109 Å². The zero-order valence-electron chi connectivity index (χ0n) is 54.1. The number of ether oxygens (including phenoxy) is 16. The van der Waals surface area contributed by atoms with E-state index in [-0.39, 0.29) is 63.6 Å². The summed E-state index contributed by atoms with van der Waals surface area (Å²) in [5, 5.41) is 3.14. The van der Waals surface area contributed by atoms with Gasteiger partial charge in [-0.2, -0.15) is 0 Å². The highest BCUT2D eigenvalue weighted by atomic mass is 16.6. The van der Waals surface area contributed by atoms with Gasteiger partial charge in [-0.1, -0.05) is 121 Å². The number of nitrogens with one attached hydrogen (secondary N) is 1. The van der Waals surface area contributed by atoms with E-state index >= 15 is 0 Å². The van der Waals surface area contributed by atoms with E-state index in [9.17, 15) is 4.79 Å². The van der Waals surface area contributed by atoms with Crippen molar-refractivity contribution >= 4 is 5.91 Å². The molecule has 2 unspecified atom stereocenters. The van der Waals surface area contributed by atoms with Gasteiger partial charge in [0.1, 0.15) is 42.8 Å². The van der Waals surface area contributed by atoms with Crippen LogP contribution >= 0.6 is 0 Å². The van der Waals surface area contributed by atoms with Crippen molar-refractivity contribution < 1.29 is 80.6 Å². The minimum atomic E-state index is -0.354. The third kappa shape index (κ3) is 32.4. The third-order valence-electron chi connectivity index (χ3n) is 14.4. The first-order valence-electron chi connectivity index (χ1n) is 32.1. The quantitative estimate of drug-likeness (QED) is 0.0363. The average Bonchev–Trinajstić information content (AvgIpc) is 3.70. The van der Waals surface area contributed by atoms with Crippen LogP contribution in [0.4, 0.5) is 0 Å². The van der Waals surface area contributed by atoms with Gasteiger partial charge in [-0.15, -0.1) is 0 Å². The molecule has 2 atom stereocenters. The molecule has 0 radical (unpaired) electrons. The summed E-state index contributed by atoms with van der Waals surface area (Å²) in [7, 11) is 3.29. The van der Waals surface area contributed by atoms with E-state index < -0.39 is 0 Å². The molecule has 18 nitrogen and oxygen atoms in total. The van der Waals surface area contributed by atoms with E-state index in [1.807, 2.05) is 97.1 Å². The molecule has 494 valence electrons. The van der Waals surface area contributed by atoms with Gasteiger partial charge >= 0.3 is 0 Å². The lowest BCUT2D eigenvalue weighted by molar-refractivity contribution is 0.00367. The Balaban J connectivity index is 1.24. The summed E-state index contributed by atoms with van der Waals surface area (Å²) in [6.45, 7) is 17.6. The number of hydrogen-bond acceptors (Lipinski definition) is 17. The molecule has 0 saturated carbocycles. The monoisotopic (exact) mass is 1240 g/mol. The smallest absolute Gasteiger partial charge is 0.251 e. The van der Waals surface area contributed by atoms with Crippen molar-refractivity contribution in [2.24, 2.45) is 11.8 Å². The van der Waals surface area contributed by atoms with Gasteiger partial charge in [0.2, 0.25) is 5.75 Å². The summed E-state index contributed by atoms with van der Waals surface area (Å²) in [4.78, 5) is 14.4. The van der Waals surface area contributed by atoms with Crippen molar-refractivity contribution in [3.05, 3.63) is 137 Å². The van der Waals surface area contributed by atoms with Crippen LogP contribution in [0.5, 0.6) is 40.2 Å². The Kier molecular flexibility index (Phi) is 39.4. The summed E-state index contributed by atoms with van der Waals surface area (Å²) in [6.07, 6.45) is 8.87. The predicted octanol–water partition coefficient (Wildman–Crippen LogP) is 12.7. The molecule has 0 heterocycles. The average molecular weight is 1240 g/mol. The van der Waals surface area contributed by atoms with E-state index in [1.54, 1.807) is 26.4 Å². The number of benzene rings is 5. The first kappa shape index (κ1) is 73.5. The standard InChI is InChI=1S/C71H103NO17/c1-7-11-16-57(9-3)55-88-66-46-62(47-67(50-66)89-56-58(10-4)17-12-8-2)51-72-71(73)63-48-68(85-43-40-79-31-28-76-35-38-83-53-60-20-24-64(74-5)25-21-60)70(87-45-42-81-33-30-78-34-37-82-52-59-18-14-13-15-19-59)69(49-63)86-44-41-80-32-29-77-36-39-84-54-61-22-26-65(75-6)27-23-61/h13-15,18-27,46-50,57-58H,7-12,16-17,28-45,51-56H2,1-6H3,(H,72,73). The van der Waals surface area contributed by atoms with Gasteiger partial charge in [0.15, 0.2) is 11.5 Å². The van der Waals surface area contributed by atoms with E-state index in [0.29, 0.717) is 147 Å². The zero-order valence-corrected chi connectivity index (χ0v) is 54.1. The third-order valence-corrected chi connectivity index (χ3v) is 14.4. The van der Waals surface area contributed by atoms with Gasteiger partial charge in [-0.05, 0) is 95.5 Å². The van der Waals surface area contributed by atoms with Gasteiger partial charge in [-0.25, -0.2) is 0 Å². The largest absolute Gasteiger partial charge is 0.497 e. The van der Waals surface area contributed by atoms with Crippen LogP contribution in [0.25, 0.3) is 0 Å². The van der Waals surface area contributed by atoms with E-state index in [0.717, 1.165) is 85.1 Å². The second kappa shape index (κ2) is 47.7. The van der Waals surface area contributed by atoms with Crippen LogP contribution in [-0.2, 0) is 69.0 Å². The van der Waals surface area contributed by atoms with Crippen molar-refractivity contribution in [2.45, 2.75) is 105 Å². The fourth-order valence-electron chi connectivity index (χ4n) is 9.00. The first-order valence-corrected chi connectivity index (χ1v) is 32.1. The van der Waals surface area contributed by atoms with Crippen molar-refractivity contribution in [3.8, 4) is 40.2 Å². The van der Waals surface area contributed by atoms with Gasteiger partial charge < -0.3 is 81.1 Å². The van der Waals surface area contributed by atoms with Gasteiger partial charge in [0.05, 0.1) is 146 Å². The van der Waals surface area contributed by atoms with Crippen molar-refractivity contribution in [2.75, 3.05) is 146 Å². The van der Waals surface area contributed by atoms with Crippen LogP contribution in [0.2, 0.25) is 0 Å². The lowest BCUT2D eigenvalue weighted by Crippen LogP contribution is -2.23. The molecule has 0 spiro atoms. The maximum atomic E-state index is 14.4. The number of unbranched alkanes of at least 4 members (excludes halogenated alkanes) is 2. The second-order valence-corrected chi connectivity index (χ2v) is 21.3. The molecule has 0 saturated heterocycles. The SMILES string of the molecule is CCCCC(CC)COc1cc(CNC(=O)c2cc(OCCOCCOCCOCc3ccc(OC)cc3)c(OCCOCCOCCOCc3ccccc3)c(OCCOCCOCCOCc3ccc(OC)cc3)c2)cc(OCC(CC)CCCC)c1. The van der Waals surface area contributed by atoms with Crippen LogP contribution < -0.4 is 38.5 Å². The fraction of sp³-hybridized carbons (Fsp3) is 0.563. The summed E-state index contributed by atoms with van der Waals surface area (Å²) in [5.41, 5.74) is 4.34.